The Morgan fingerprint density at radius 1 is 1.35 bits per heavy atom. The molecule has 0 spiro atoms. The van der Waals surface area contributed by atoms with E-state index < -0.39 is 5.92 Å². The van der Waals surface area contributed by atoms with Crippen LogP contribution in [0, 0.1) is 22.7 Å². The maximum absolute atomic E-state index is 11.8. The summed E-state index contributed by atoms with van der Waals surface area (Å²) in [4.78, 5) is 23.5. The molecule has 0 aliphatic rings. The van der Waals surface area contributed by atoms with E-state index in [0.717, 1.165) is 4.90 Å². The highest BCUT2D eigenvalue weighted by Crippen LogP contribution is 2.21. The number of hydrogen-bond acceptors (Lipinski definition) is 5. The molecule has 2 N–H and O–H groups in total. The smallest absolute Gasteiger partial charge is 0.221 e. The number of nitrogens with one attached hydrogen (secondary N) is 2. The van der Waals surface area contributed by atoms with Gasteiger partial charge in [0, 0.05) is 23.2 Å². The normalized spacial score (nSPS) is 11.2. The summed E-state index contributed by atoms with van der Waals surface area (Å²) in [5.74, 6) is -1.22. The minimum atomic E-state index is -0.957. The Labute approximate surface area is 121 Å². The number of ketones is 1. The Balaban J connectivity index is 2.58. The van der Waals surface area contributed by atoms with Gasteiger partial charge in [-0.3, -0.25) is 9.59 Å². The molecule has 1 atom stereocenters. The van der Waals surface area contributed by atoms with E-state index in [1.807, 2.05) is 6.07 Å². The van der Waals surface area contributed by atoms with Gasteiger partial charge in [-0.1, -0.05) is 0 Å². The molecule has 0 aromatic heterocycles. The number of Topliss-reactive ketones (excluding diaryl/α,β-unsaturated/α-hetero) is 1. The van der Waals surface area contributed by atoms with Gasteiger partial charge < -0.3 is 10.7 Å². The average Bonchev–Trinajstić information content (AvgIpc) is 2.37. The largest absolute Gasteiger partial charge is 0.326 e. The monoisotopic (exact) mass is 289 g/mol. The summed E-state index contributed by atoms with van der Waals surface area (Å²) < 4.78 is 0. The minimum absolute atomic E-state index is 0.0686. The molecule has 1 unspecified atom stereocenters. The summed E-state index contributed by atoms with van der Waals surface area (Å²) in [6.45, 7) is 2.89. The molecule has 0 fully saturated rings. The number of nitrogens with zero attached hydrogens (tertiary/aromatic N) is 1. The van der Waals surface area contributed by atoms with Crippen LogP contribution in [0.15, 0.2) is 29.2 Å². The fourth-order valence-corrected chi connectivity index (χ4v) is 2.29. The lowest BCUT2D eigenvalue weighted by atomic mass is 10.0. The third-order valence-electron chi connectivity index (χ3n) is 2.44. The zero-order valence-corrected chi connectivity index (χ0v) is 12.1. The van der Waals surface area contributed by atoms with Crippen LogP contribution >= 0.6 is 11.8 Å². The first-order valence-electron chi connectivity index (χ1n) is 5.92. The highest BCUT2D eigenvalue weighted by molar-refractivity contribution is 8.00. The number of amides is 1. The Hall–Kier alpha value is -2.13. The number of carbonyl (C=O) groups is 2. The number of carbonyl (C=O) groups excluding carboxylic acids is 2. The molecule has 0 radical (unpaired) electrons. The molecule has 0 aliphatic heterocycles. The Bertz CT molecular complexity index is 561. The third kappa shape index (κ3) is 4.86. The van der Waals surface area contributed by atoms with Crippen molar-refractivity contribution in [2.45, 2.75) is 18.7 Å². The molecular weight excluding hydrogens is 274 g/mol. The van der Waals surface area contributed by atoms with Gasteiger partial charge in [0.15, 0.2) is 5.78 Å². The maximum atomic E-state index is 11.8. The molecule has 1 aromatic rings. The SMILES string of the molecule is CC(=N)C(C#N)C(=O)CSc1ccc(NC(C)=O)cc1. The Morgan fingerprint density at radius 2 is 1.95 bits per heavy atom. The third-order valence-corrected chi connectivity index (χ3v) is 3.47. The predicted molar refractivity (Wildman–Crippen MR) is 79.0 cm³/mol. The van der Waals surface area contributed by atoms with E-state index in [1.54, 1.807) is 24.3 Å². The van der Waals surface area contributed by atoms with E-state index in [2.05, 4.69) is 5.32 Å². The fraction of sp³-hybridized carbons (Fsp3) is 0.286. The second-order valence-electron chi connectivity index (χ2n) is 4.21. The summed E-state index contributed by atoms with van der Waals surface area (Å²) in [5.41, 5.74) is 0.762. The molecule has 0 bridgehead atoms. The van der Waals surface area contributed by atoms with Crippen LogP contribution in [0.25, 0.3) is 0 Å². The molecule has 5 nitrogen and oxygen atoms in total. The van der Waals surface area contributed by atoms with E-state index in [-0.39, 0.29) is 23.2 Å². The van der Waals surface area contributed by atoms with Crippen LogP contribution in [0.2, 0.25) is 0 Å². The fourth-order valence-electron chi connectivity index (χ4n) is 1.49. The molecule has 0 aliphatic carbocycles. The van der Waals surface area contributed by atoms with Gasteiger partial charge in [-0.05, 0) is 31.2 Å². The summed E-state index contributed by atoms with van der Waals surface area (Å²) >= 11 is 1.31. The first kappa shape index (κ1) is 15.9. The predicted octanol–water partition coefficient (Wildman–Crippen LogP) is 2.49. The second-order valence-corrected chi connectivity index (χ2v) is 5.25. The van der Waals surface area contributed by atoms with Gasteiger partial charge in [-0.2, -0.15) is 5.26 Å². The maximum Gasteiger partial charge on any atom is 0.221 e. The van der Waals surface area contributed by atoms with Gasteiger partial charge >= 0.3 is 0 Å². The van der Waals surface area contributed by atoms with E-state index in [4.69, 9.17) is 10.7 Å². The van der Waals surface area contributed by atoms with Crippen molar-refractivity contribution in [2.75, 3.05) is 11.1 Å². The first-order valence-corrected chi connectivity index (χ1v) is 6.90. The standard InChI is InChI=1S/C14H15N3O2S/c1-9(16)13(7-15)14(19)8-20-12-5-3-11(4-6-12)17-10(2)18/h3-6,13,16H,8H2,1-2H3,(H,17,18). The van der Waals surface area contributed by atoms with Gasteiger partial charge in [0.05, 0.1) is 11.8 Å². The van der Waals surface area contributed by atoms with Gasteiger partial charge in [0.1, 0.15) is 5.92 Å². The lowest BCUT2D eigenvalue weighted by molar-refractivity contribution is -0.117. The van der Waals surface area contributed by atoms with Crippen molar-refractivity contribution in [3.05, 3.63) is 24.3 Å². The van der Waals surface area contributed by atoms with Crippen LogP contribution in [-0.2, 0) is 9.59 Å². The number of anilines is 1. The molecule has 0 saturated heterocycles. The van der Waals surface area contributed by atoms with Crippen LogP contribution in [0.5, 0.6) is 0 Å². The summed E-state index contributed by atoms with van der Waals surface area (Å²) in [6.07, 6.45) is 0. The molecule has 1 amide bonds. The second kappa shape index (κ2) is 7.46. The van der Waals surface area contributed by atoms with Gasteiger partial charge in [0.25, 0.3) is 0 Å². The van der Waals surface area contributed by atoms with Crippen LogP contribution < -0.4 is 5.32 Å². The lowest BCUT2D eigenvalue weighted by Gasteiger charge is -2.07. The van der Waals surface area contributed by atoms with Crippen LogP contribution in [0.1, 0.15) is 13.8 Å². The molecular formula is C14H15N3O2S. The molecule has 104 valence electrons. The molecule has 1 aromatic carbocycles. The van der Waals surface area contributed by atoms with Crippen molar-refractivity contribution < 1.29 is 9.59 Å². The van der Waals surface area contributed by atoms with E-state index in [1.165, 1.54) is 25.6 Å². The molecule has 6 heteroatoms. The van der Waals surface area contributed by atoms with Crippen molar-refractivity contribution >= 4 is 34.9 Å². The van der Waals surface area contributed by atoms with Gasteiger partial charge in [-0.25, -0.2) is 0 Å². The summed E-state index contributed by atoms with van der Waals surface area (Å²) in [6, 6.07) is 8.92. The Morgan fingerprint density at radius 3 is 2.40 bits per heavy atom. The van der Waals surface area contributed by atoms with Crippen molar-refractivity contribution in [1.82, 2.24) is 0 Å². The number of hydrogen-bond donors (Lipinski definition) is 2. The Kier molecular flexibility index (Phi) is 5.94. The molecule has 0 heterocycles. The van der Waals surface area contributed by atoms with Crippen LogP contribution in [0.3, 0.4) is 0 Å². The summed E-state index contributed by atoms with van der Waals surface area (Å²) in [7, 11) is 0. The lowest BCUT2D eigenvalue weighted by Crippen LogP contribution is -2.21. The van der Waals surface area contributed by atoms with E-state index in [0.29, 0.717) is 5.69 Å². The quantitative estimate of drug-likeness (QED) is 0.621. The minimum Gasteiger partial charge on any atom is -0.326 e. The number of thioether (sulfide) groups is 1. The highest BCUT2D eigenvalue weighted by Gasteiger charge is 2.19. The van der Waals surface area contributed by atoms with Gasteiger partial charge in [-0.15, -0.1) is 11.8 Å². The van der Waals surface area contributed by atoms with Gasteiger partial charge in [0.2, 0.25) is 5.91 Å². The molecule has 1 rings (SSSR count). The topological polar surface area (TPSA) is 93.8 Å². The highest BCUT2D eigenvalue weighted by atomic mass is 32.2. The first-order chi connectivity index (χ1) is 9.43. The van der Waals surface area contributed by atoms with Crippen molar-refractivity contribution in [3.8, 4) is 6.07 Å². The van der Waals surface area contributed by atoms with Crippen LogP contribution in [0.4, 0.5) is 5.69 Å². The van der Waals surface area contributed by atoms with E-state index >= 15 is 0 Å². The zero-order valence-electron chi connectivity index (χ0n) is 11.3. The molecule has 0 saturated carbocycles. The van der Waals surface area contributed by atoms with Crippen molar-refractivity contribution in [1.29, 1.82) is 10.7 Å². The average molecular weight is 289 g/mol. The van der Waals surface area contributed by atoms with Crippen molar-refractivity contribution in [2.24, 2.45) is 5.92 Å². The molecule has 20 heavy (non-hydrogen) atoms. The number of rotatable bonds is 6. The van der Waals surface area contributed by atoms with Crippen LogP contribution in [-0.4, -0.2) is 23.2 Å². The number of benzene rings is 1. The van der Waals surface area contributed by atoms with Crippen molar-refractivity contribution in [3.63, 3.8) is 0 Å². The summed E-state index contributed by atoms with van der Waals surface area (Å²) in [5, 5.41) is 18.8. The van der Waals surface area contributed by atoms with E-state index in [9.17, 15) is 9.59 Å². The zero-order chi connectivity index (χ0) is 15.1. The number of nitriles is 1.